The van der Waals surface area contributed by atoms with Crippen molar-refractivity contribution < 1.29 is 9.59 Å². The van der Waals surface area contributed by atoms with Crippen LogP contribution in [-0.4, -0.2) is 17.3 Å². The number of rotatable bonds is 3. The number of carbonyl (C=O) groups is 2. The molecule has 0 aliphatic heterocycles. The Morgan fingerprint density at radius 1 is 1.07 bits per heavy atom. The fourth-order valence-electron chi connectivity index (χ4n) is 1.00. The lowest BCUT2D eigenvalue weighted by Crippen LogP contribution is -2.18. The minimum atomic E-state index is -0.533. The molecule has 0 aliphatic carbocycles. The number of hydrogen-bond donors (Lipinski definition) is 0. The Kier molecular flexibility index (Phi) is 3.29. The number of Topliss-reactive ketones (excluding diaryl/α,β-unsaturated/α-hetero) is 2. The zero-order valence-electron chi connectivity index (χ0n) is 8.15. The van der Waals surface area contributed by atoms with Crippen LogP contribution < -0.4 is 0 Å². The van der Waals surface area contributed by atoms with Crippen LogP contribution in [0.2, 0.25) is 0 Å². The average Bonchev–Trinajstić information content (AvgIpc) is 2.18. The molecule has 0 radical (unpaired) electrons. The fourth-order valence-corrected chi connectivity index (χ4v) is 1.00. The first kappa shape index (κ1) is 10.3. The third-order valence-electron chi connectivity index (χ3n) is 1.70. The minimum Gasteiger partial charge on any atom is -0.291 e. The first-order chi connectivity index (χ1) is 6.61. The van der Waals surface area contributed by atoms with Gasteiger partial charge in [0.1, 0.15) is 0 Å². The number of nitrogens with zero attached hydrogens (tertiary/aromatic N) is 1. The molecular formula is C11H11NO2. The van der Waals surface area contributed by atoms with Crippen LogP contribution in [0.3, 0.4) is 0 Å². The summed E-state index contributed by atoms with van der Waals surface area (Å²) in [5, 5.41) is 0. The molecule has 1 aromatic rings. The van der Waals surface area contributed by atoms with Crippen molar-refractivity contribution in [2.24, 2.45) is 4.99 Å². The van der Waals surface area contributed by atoms with Gasteiger partial charge in [-0.1, -0.05) is 18.2 Å². The van der Waals surface area contributed by atoms with E-state index in [0.717, 1.165) is 0 Å². The highest BCUT2D eigenvalue weighted by molar-refractivity contribution is 6.64. The van der Waals surface area contributed by atoms with Crippen LogP contribution in [0, 0.1) is 0 Å². The summed E-state index contributed by atoms with van der Waals surface area (Å²) in [4.78, 5) is 25.9. The molecule has 0 atom stereocenters. The third kappa shape index (κ3) is 2.62. The van der Waals surface area contributed by atoms with Crippen LogP contribution in [0.25, 0.3) is 0 Å². The molecule has 0 bridgehead atoms. The van der Waals surface area contributed by atoms with Gasteiger partial charge in [-0.15, -0.1) is 0 Å². The second-order valence-corrected chi connectivity index (χ2v) is 2.92. The van der Waals surface area contributed by atoms with Gasteiger partial charge in [0.05, 0.1) is 11.4 Å². The lowest BCUT2D eigenvalue weighted by molar-refractivity contribution is -0.131. The van der Waals surface area contributed by atoms with Crippen LogP contribution >= 0.6 is 0 Å². The topological polar surface area (TPSA) is 46.5 Å². The predicted molar refractivity (Wildman–Crippen MR) is 54.9 cm³/mol. The van der Waals surface area contributed by atoms with E-state index < -0.39 is 11.6 Å². The van der Waals surface area contributed by atoms with Gasteiger partial charge >= 0.3 is 0 Å². The molecule has 0 saturated carbocycles. The van der Waals surface area contributed by atoms with Crippen molar-refractivity contribution >= 4 is 23.0 Å². The fraction of sp³-hybridized carbons (Fsp3) is 0.182. The maximum atomic E-state index is 11.2. The van der Waals surface area contributed by atoms with E-state index in [2.05, 4.69) is 4.99 Å². The highest BCUT2D eigenvalue weighted by Gasteiger charge is 2.10. The van der Waals surface area contributed by atoms with Gasteiger partial charge in [-0.25, -0.2) is 4.99 Å². The van der Waals surface area contributed by atoms with Gasteiger partial charge < -0.3 is 0 Å². The molecule has 1 aromatic carbocycles. The van der Waals surface area contributed by atoms with Crippen LogP contribution in [-0.2, 0) is 9.59 Å². The standard InChI is InChI=1S/C11H11NO2/c1-8(11(14)9(2)13)12-10-6-4-3-5-7-10/h3-7H,1-2H3. The molecule has 3 nitrogen and oxygen atoms in total. The van der Waals surface area contributed by atoms with Crippen molar-refractivity contribution in [1.29, 1.82) is 0 Å². The molecule has 0 aliphatic rings. The molecule has 0 saturated heterocycles. The Bertz CT molecular complexity index is 380. The SMILES string of the molecule is CC(=O)C(=O)C(C)=Nc1ccccc1. The number of benzene rings is 1. The normalized spacial score (nSPS) is 11.1. The third-order valence-corrected chi connectivity index (χ3v) is 1.70. The number of para-hydroxylation sites is 1. The lowest BCUT2D eigenvalue weighted by Gasteiger charge is -1.96. The molecule has 0 amide bonds. The average molecular weight is 189 g/mol. The second kappa shape index (κ2) is 4.46. The van der Waals surface area contributed by atoms with Crippen LogP contribution in [0.15, 0.2) is 35.3 Å². The van der Waals surface area contributed by atoms with E-state index in [9.17, 15) is 9.59 Å². The van der Waals surface area contributed by atoms with Gasteiger partial charge in [0.2, 0.25) is 11.6 Å². The molecule has 0 unspecified atom stereocenters. The summed E-state index contributed by atoms with van der Waals surface area (Å²) in [7, 11) is 0. The first-order valence-corrected chi connectivity index (χ1v) is 4.27. The summed E-state index contributed by atoms with van der Waals surface area (Å²) in [6.07, 6.45) is 0. The monoisotopic (exact) mass is 189 g/mol. The Hall–Kier alpha value is -1.77. The number of carbonyl (C=O) groups excluding carboxylic acids is 2. The first-order valence-electron chi connectivity index (χ1n) is 4.27. The van der Waals surface area contributed by atoms with Crippen molar-refractivity contribution in [2.75, 3.05) is 0 Å². The molecule has 1 rings (SSSR count). The van der Waals surface area contributed by atoms with E-state index in [-0.39, 0.29) is 5.71 Å². The van der Waals surface area contributed by atoms with Gasteiger partial charge in [-0.2, -0.15) is 0 Å². The molecule has 0 spiro atoms. The van der Waals surface area contributed by atoms with Crippen molar-refractivity contribution in [3.63, 3.8) is 0 Å². The van der Waals surface area contributed by atoms with Crippen LogP contribution in [0.5, 0.6) is 0 Å². The molecule has 0 fully saturated rings. The van der Waals surface area contributed by atoms with E-state index in [1.54, 1.807) is 12.1 Å². The Labute approximate surface area is 82.5 Å². The van der Waals surface area contributed by atoms with Gasteiger partial charge in [-0.3, -0.25) is 9.59 Å². The van der Waals surface area contributed by atoms with Crippen molar-refractivity contribution in [2.45, 2.75) is 13.8 Å². The van der Waals surface area contributed by atoms with E-state index in [1.165, 1.54) is 13.8 Å². The summed E-state index contributed by atoms with van der Waals surface area (Å²) < 4.78 is 0. The van der Waals surface area contributed by atoms with E-state index in [0.29, 0.717) is 5.69 Å². The van der Waals surface area contributed by atoms with E-state index in [4.69, 9.17) is 0 Å². The Morgan fingerprint density at radius 2 is 1.64 bits per heavy atom. The summed E-state index contributed by atoms with van der Waals surface area (Å²) in [6.45, 7) is 2.78. The predicted octanol–water partition coefficient (Wildman–Crippen LogP) is 1.94. The Morgan fingerprint density at radius 3 is 2.14 bits per heavy atom. The summed E-state index contributed by atoms with van der Waals surface area (Å²) >= 11 is 0. The molecule has 0 N–H and O–H groups in total. The zero-order chi connectivity index (χ0) is 10.6. The lowest BCUT2D eigenvalue weighted by atomic mass is 10.2. The molecular weight excluding hydrogens is 178 g/mol. The Balaban J connectivity index is 2.90. The van der Waals surface area contributed by atoms with Crippen molar-refractivity contribution in [3.05, 3.63) is 30.3 Å². The maximum Gasteiger partial charge on any atom is 0.242 e. The van der Waals surface area contributed by atoms with E-state index >= 15 is 0 Å². The number of hydrogen-bond acceptors (Lipinski definition) is 3. The van der Waals surface area contributed by atoms with Gasteiger partial charge in [0.25, 0.3) is 0 Å². The minimum absolute atomic E-state index is 0.226. The molecule has 3 heteroatoms. The quantitative estimate of drug-likeness (QED) is 0.538. The summed E-state index contributed by atoms with van der Waals surface area (Å²) in [5.74, 6) is -1.02. The van der Waals surface area contributed by atoms with Gasteiger partial charge in [-0.05, 0) is 19.1 Å². The van der Waals surface area contributed by atoms with E-state index in [1.807, 2.05) is 18.2 Å². The molecule has 0 aromatic heterocycles. The summed E-state index contributed by atoms with van der Waals surface area (Å²) in [5.41, 5.74) is 0.906. The van der Waals surface area contributed by atoms with Crippen molar-refractivity contribution in [1.82, 2.24) is 0 Å². The zero-order valence-corrected chi connectivity index (χ0v) is 8.15. The van der Waals surface area contributed by atoms with Gasteiger partial charge in [0.15, 0.2) is 0 Å². The number of ketones is 2. The second-order valence-electron chi connectivity index (χ2n) is 2.92. The summed E-state index contributed by atoms with van der Waals surface area (Å²) in [6, 6.07) is 9.06. The molecule has 72 valence electrons. The largest absolute Gasteiger partial charge is 0.291 e. The van der Waals surface area contributed by atoms with Crippen LogP contribution in [0.4, 0.5) is 5.69 Å². The molecule has 14 heavy (non-hydrogen) atoms. The maximum absolute atomic E-state index is 11.2. The van der Waals surface area contributed by atoms with Crippen molar-refractivity contribution in [3.8, 4) is 0 Å². The van der Waals surface area contributed by atoms with Crippen LogP contribution in [0.1, 0.15) is 13.8 Å². The highest BCUT2D eigenvalue weighted by Crippen LogP contribution is 2.10. The van der Waals surface area contributed by atoms with Gasteiger partial charge in [0, 0.05) is 6.92 Å². The molecule has 0 heterocycles. The highest BCUT2D eigenvalue weighted by atomic mass is 16.2. The smallest absolute Gasteiger partial charge is 0.242 e. The number of aliphatic imine (C=N–C) groups is 1.